The average molecular weight is 267 g/mol. The second kappa shape index (κ2) is 7.22. The lowest BCUT2D eigenvalue weighted by Crippen LogP contribution is -2.42. The molecule has 1 saturated heterocycles. The Hall–Kier alpha value is -0.450. The lowest BCUT2D eigenvalue weighted by molar-refractivity contribution is 0.240. The molecule has 2 atom stereocenters. The summed E-state index contributed by atoms with van der Waals surface area (Å²) in [5, 5.41) is 7.04. The molecule has 2 heterocycles. The summed E-state index contributed by atoms with van der Waals surface area (Å²) in [6, 6.07) is 0.661. The van der Waals surface area contributed by atoms with Crippen molar-refractivity contribution >= 4 is 11.3 Å². The Morgan fingerprint density at radius 3 is 3.22 bits per heavy atom. The van der Waals surface area contributed by atoms with Crippen molar-refractivity contribution < 1.29 is 0 Å². The summed E-state index contributed by atoms with van der Waals surface area (Å²) in [5.41, 5.74) is 0. The number of hydrogen-bond acceptors (Lipinski definition) is 4. The van der Waals surface area contributed by atoms with E-state index in [0.29, 0.717) is 6.04 Å². The van der Waals surface area contributed by atoms with Gasteiger partial charge in [-0.05, 0) is 25.4 Å². The first kappa shape index (κ1) is 14.0. The van der Waals surface area contributed by atoms with Crippen LogP contribution >= 0.6 is 11.3 Å². The Labute approximate surface area is 115 Å². The number of aromatic nitrogens is 1. The van der Waals surface area contributed by atoms with Crippen molar-refractivity contribution in [3.63, 3.8) is 0 Å². The van der Waals surface area contributed by atoms with Crippen molar-refractivity contribution in [1.82, 2.24) is 15.2 Å². The van der Waals surface area contributed by atoms with Crippen LogP contribution in [0.1, 0.15) is 31.7 Å². The lowest BCUT2D eigenvalue weighted by Gasteiger charge is -2.27. The number of rotatable bonds is 5. The van der Waals surface area contributed by atoms with Crippen molar-refractivity contribution in [2.75, 3.05) is 26.2 Å². The van der Waals surface area contributed by atoms with E-state index in [1.807, 2.05) is 6.20 Å². The van der Waals surface area contributed by atoms with Gasteiger partial charge in [0.2, 0.25) is 0 Å². The molecule has 1 fully saturated rings. The second-order valence-electron chi connectivity index (χ2n) is 5.28. The molecular weight excluding hydrogens is 242 g/mol. The fourth-order valence-corrected chi connectivity index (χ4v) is 3.13. The van der Waals surface area contributed by atoms with Crippen LogP contribution in [-0.4, -0.2) is 42.1 Å². The Balaban J connectivity index is 1.83. The SMILES string of the molecule is CCC(C)C1CN(CCc2nccs2)CCCN1. The van der Waals surface area contributed by atoms with Gasteiger partial charge in [-0.3, -0.25) is 0 Å². The van der Waals surface area contributed by atoms with Crippen LogP contribution in [0, 0.1) is 5.92 Å². The summed E-state index contributed by atoms with van der Waals surface area (Å²) in [7, 11) is 0. The van der Waals surface area contributed by atoms with Crippen LogP contribution in [0.4, 0.5) is 0 Å². The molecule has 0 saturated carbocycles. The Bertz CT molecular complexity index is 326. The third-order valence-electron chi connectivity index (χ3n) is 3.97. The lowest BCUT2D eigenvalue weighted by atomic mass is 9.99. The van der Waals surface area contributed by atoms with Crippen molar-refractivity contribution in [3.8, 4) is 0 Å². The van der Waals surface area contributed by atoms with Gasteiger partial charge in [-0.1, -0.05) is 20.3 Å². The molecule has 0 aromatic carbocycles. The first-order valence-electron chi connectivity index (χ1n) is 7.13. The van der Waals surface area contributed by atoms with Gasteiger partial charge in [0.05, 0.1) is 5.01 Å². The highest BCUT2D eigenvalue weighted by atomic mass is 32.1. The highest BCUT2D eigenvalue weighted by Crippen LogP contribution is 2.13. The smallest absolute Gasteiger partial charge is 0.0937 e. The predicted octanol–water partition coefficient (Wildman–Crippen LogP) is 2.40. The molecule has 102 valence electrons. The molecule has 0 amide bonds. The van der Waals surface area contributed by atoms with E-state index in [4.69, 9.17) is 0 Å². The zero-order chi connectivity index (χ0) is 12.8. The van der Waals surface area contributed by atoms with E-state index < -0.39 is 0 Å². The molecule has 0 spiro atoms. The van der Waals surface area contributed by atoms with Gasteiger partial charge in [-0.25, -0.2) is 4.98 Å². The molecule has 1 N–H and O–H groups in total. The maximum absolute atomic E-state index is 4.37. The fraction of sp³-hybridized carbons (Fsp3) is 0.786. The normalized spacial score (nSPS) is 23.8. The topological polar surface area (TPSA) is 28.2 Å². The maximum Gasteiger partial charge on any atom is 0.0937 e. The van der Waals surface area contributed by atoms with Gasteiger partial charge in [0, 0.05) is 37.1 Å². The molecule has 4 heteroatoms. The zero-order valence-corrected chi connectivity index (χ0v) is 12.4. The van der Waals surface area contributed by atoms with E-state index in [9.17, 15) is 0 Å². The molecule has 3 nitrogen and oxygen atoms in total. The minimum absolute atomic E-state index is 0.661. The Kier molecular flexibility index (Phi) is 5.60. The van der Waals surface area contributed by atoms with E-state index in [1.165, 1.54) is 37.5 Å². The van der Waals surface area contributed by atoms with Crippen LogP contribution in [0.3, 0.4) is 0 Å². The number of nitrogens with one attached hydrogen (secondary N) is 1. The summed E-state index contributed by atoms with van der Waals surface area (Å²) >= 11 is 1.77. The van der Waals surface area contributed by atoms with Crippen LogP contribution in [0.15, 0.2) is 11.6 Å². The predicted molar refractivity (Wildman–Crippen MR) is 78.1 cm³/mol. The van der Waals surface area contributed by atoms with Gasteiger partial charge in [-0.15, -0.1) is 11.3 Å². The second-order valence-corrected chi connectivity index (χ2v) is 6.26. The third kappa shape index (κ3) is 4.04. The highest BCUT2D eigenvalue weighted by molar-refractivity contribution is 7.09. The standard InChI is InChI=1S/C14H25N3S/c1-3-12(2)13-11-17(8-4-6-15-13)9-5-14-16-7-10-18-14/h7,10,12-13,15H,3-6,8-9,11H2,1-2H3. The number of nitrogens with zero attached hydrogens (tertiary/aromatic N) is 2. The fourth-order valence-electron chi connectivity index (χ4n) is 2.52. The molecule has 1 aromatic rings. The van der Waals surface area contributed by atoms with Gasteiger partial charge < -0.3 is 10.2 Å². The molecule has 2 unspecified atom stereocenters. The average Bonchev–Trinajstić information content (AvgIpc) is 2.80. The van der Waals surface area contributed by atoms with Crippen molar-refractivity contribution in [3.05, 3.63) is 16.6 Å². The Morgan fingerprint density at radius 1 is 1.61 bits per heavy atom. The van der Waals surface area contributed by atoms with Crippen molar-refractivity contribution in [2.24, 2.45) is 5.92 Å². The van der Waals surface area contributed by atoms with E-state index in [1.54, 1.807) is 11.3 Å². The summed E-state index contributed by atoms with van der Waals surface area (Å²) in [6.45, 7) is 9.40. The highest BCUT2D eigenvalue weighted by Gasteiger charge is 2.21. The molecule has 1 aromatic heterocycles. The number of thiazole rings is 1. The van der Waals surface area contributed by atoms with Gasteiger partial charge >= 0.3 is 0 Å². The summed E-state index contributed by atoms with van der Waals surface area (Å²) in [4.78, 5) is 6.98. The molecule has 1 aliphatic heterocycles. The van der Waals surface area contributed by atoms with Crippen LogP contribution in [0.25, 0.3) is 0 Å². The summed E-state index contributed by atoms with van der Waals surface area (Å²) in [6.07, 6.45) is 5.54. The monoisotopic (exact) mass is 267 g/mol. The van der Waals surface area contributed by atoms with E-state index in [2.05, 4.69) is 34.4 Å². The largest absolute Gasteiger partial charge is 0.312 e. The summed E-state index contributed by atoms with van der Waals surface area (Å²) in [5.74, 6) is 0.769. The van der Waals surface area contributed by atoms with E-state index >= 15 is 0 Å². The molecule has 0 bridgehead atoms. The quantitative estimate of drug-likeness (QED) is 0.888. The minimum Gasteiger partial charge on any atom is -0.312 e. The van der Waals surface area contributed by atoms with Crippen LogP contribution in [0.2, 0.25) is 0 Å². The van der Waals surface area contributed by atoms with Crippen molar-refractivity contribution in [1.29, 1.82) is 0 Å². The van der Waals surface area contributed by atoms with Gasteiger partial charge in [-0.2, -0.15) is 0 Å². The molecule has 2 rings (SSSR count). The first-order chi connectivity index (χ1) is 8.79. The molecule has 1 aliphatic rings. The van der Waals surface area contributed by atoms with Crippen LogP contribution in [0.5, 0.6) is 0 Å². The summed E-state index contributed by atoms with van der Waals surface area (Å²) < 4.78 is 0. The number of hydrogen-bond donors (Lipinski definition) is 1. The van der Waals surface area contributed by atoms with Crippen LogP contribution in [-0.2, 0) is 6.42 Å². The first-order valence-corrected chi connectivity index (χ1v) is 8.01. The van der Waals surface area contributed by atoms with Gasteiger partial charge in [0.25, 0.3) is 0 Å². The van der Waals surface area contributed by atoms with Crippen LogP contribution < -0.4 is 5.32 Å². The van der Waals surface area contributed by atoms with Crippen molar-refractivity contribution in [2.45, 2.75) is 39.2 Å². The zero-order valence-electron chi connectivity index (χ0n) is 11.6. The molecule has 18 heavy (non-hydrogen) atoms. The third-order valence-corrected chi connectivity index (χ3v) is 4.81. The van der Waals surface area contributed by atoms with Gasteiger partial charge in [0.15, 0.2) is 0 Å². The van der Waals surface area contributed by atoms with Gasteiger partial charge in [0.1, 0.15) is 0 Å². The maximum atomic E-state index is 4.37. The van der Waals surface area contributed by atoms with E-state index in [0.717, 1.165) is 18.9 Å². The molecule has 0 radical (unpaired) electrons. The minimum atomic E-state index is 0.661. The molecule has 0 aliphatic carbocycles. The van der Waals surface area contributed by atoms with E-state index in [-0.39, 0.29) is 0 Å². The Morgan fingerprint density at radius 2 is 2.50 bits per heavy atom. The molecular formula is C14H25N3S.